The van der Waals surface area contributed by atoms with E-state index >= 15 is 0 Å². The molecular formula is C10H6ClF2N3. The zero-order valence-corrected chi connectivity index (χ0v) is 8.67. The Bertz CT molecular complexity index is 519. The molecule has 0 unspecified atom stereocenters. The Labute approximate surface area is 95.1 Å². The lowest BCUT2D eigenvalue weighted by Gasteiger charge is -2.05. The van der Waals surface area contributed by atoms with Crippen molar-refractivity contribution in [3.8, 4) is 0 Å². The highest BCUT2D eigenvalue weighted by atomic mass is 35.5. The molecule has 2 rings (SSSR count). The molecule has 0 fully saturated rings. The van der Waals surface area contributed by atoms with Gasteiger partial charge in [-0.15, -0.1) is 0 Å². The average molecular weight is 242 g/mol. The van der Waals surface area contributed by atoms with Gasteiger partial charge in [0, 0.05) is 12.3 Å². The Morgan fingerprint density at radius 1 is 1.19 bits per heavy atom. The molecule has 1 heterocycles. The van der Waals surface area contributed by atoms with Crippen LogP contribution in [0.5, 0.6) is 0 Å². The molecule has 0 aliphatic rings. The van der Waals surface area contributed by atoms with Gasteiger partial charge in [0.05, 0.1) is 5.69 Å². The van der Waals surface area contributed by atoms with Crippen LogP contribution in [0, 0.1) is 11.6 Å². The van der Waals surface area contributed by atoms with Gasteiger partial charge in [-0.25, -0.2) is 18.7 Å². The molecule has 82 valence electrons. The molecule has 16 heavy (non-hydrogen) atoms. The van der Waals surface area contributed by atoms with Crippen LogP contribution in [0.15, 0.2) is 30.5 Å². The van der Waals surface area contributed by atoms with Crippen molar-refractivity contribution in [3.63, 3.8) is 0 Å². The summed E-state index contributed by atoms with van der Waals surface area (Å²) in [5.41, 5.74) is 0.0867. The first kappa shape index (κ1) is 10.8. The number of hydrogen-bond acceptors (Lipinski definition) is 3. The molecule has 0 aliphatic heterocycles. The third-order valence-corrected chi connectivity index (χ3v) is 2.01. The lowest BCUT2D eigenvalue weighted by atomic mass is 10.3. The lowest BCUT2D eigenvalue weighted by molar-refractivity contribution is 0.586. The van der Waals surface area contributed by atoms with Gasteiger partial charge >= 0.3 is 0 Å². The molecule has 0 atom stereocenters. The maximum absolute atomic E-state index is 13.2. The number of halogens is 3. The van der Waals surface area contributed by atoms with E-state index in [4.69, 9.17) is 11.6 Å². The minimum absolute atomic E-state index is 0.0867. The van der Waals surface area contributed by atoms with Crippen LogP contribution >= 0.6 is 11.6 Å². The summed E-state index contributed by atoms with van der Waals surface area (Å²) in [6, 6.07) is 4.66. The first-order valence-corrected chi connectivity index (χ1v) is 4.73. The number of rotatable bonds is 2. The van der Waals surface area contributed by atoms with Gasteiger partial charge in [-0.3, -0.25) is 0 Å². The molecule has 1 aromatic heterocycles. The molecule has 1 aromatic carbocycles. The number of aromatic nitrogens is 2. The highest BCUT2D eigenvalue weighted by Crippen LogP contribution is 2.18. The van der Waals surface area contributed by atoms with E-state index in [0.29, 0.717) is 0 Å². The summed E-state index contributed by atoms with van der Waals surface area (Å²) in [5, 5.41) is 2.83. The van der Waals surface area contributed by atoms with E-state index in [1.807, 2.05) is 0 Å². The first-order valence-electron chi connectivity index (χ1n) is 4.36. The molecule has 0 bridgehead atoms. The van der Waals surface area contributed by atoms with Crippen LogP contribution in [0.4, 0.5) is 20.4 Å². The minimum Gasteiger partial charge on any atom is -0.322 e. The van der Waals surface area contributed by atoms with Crippen LogP contribution in [0.2, 0.25) is 5.15 Å². The van der Waals surface area contributed by atoms with Gasteiger partial charge in [-0.1, -0.05) is 11.6 Å². The Hall–Kier alpha value is -1.75. The molecule has 0 radical (unpaired) electrons. The molecule has 6 heteroatoms. The van der Waals surface area contributed by atoms with E-state index in [0.717, 1.165) is 12.1 Å². The maximum atomic E-state index is 13.2. The summed E-state index contributed by atoms with van der Waals surface area (Å²) in [6.45, 7) is 0. The second kappa shape index (κ2) is 4.40. The Kier molecular flexibility index (Phi) is 2.96. The van der Waals surface area contributed by atoms with Crippen LogP contribution < -0.4 is 5.32 Å². The molecule has 0 amide bonds. The standard InChI is InChI=1S/C10H6ClF2N3/c11-9-3-4-14-10(16-9)15-8-2-1-6(12)5-7(8)13/h1-5H,(H,14,15,16). The SMILES string of the molecule is Fc1ccc(Nc2nccc(Cl)n2)c(F)c1. The molecule has 3 nitrogen and oxygen atoms in total. The van der Waals surface area contributed by atoms with Crippen molar-refractivity contribution < 1.29 is 8.78 Å². The number of nitrogens with zero attached hydrogens (tertiary/aromatic N) is 2. The fourth-order valence-corrected chi connectivity index (χ4v) is 1.24. The summed E-state index contributed by atoms with van der Waals surface area (Å²) in [4.78, 5) is 7.65. The van der Waals surface area contributed by atoms with Gasteiger partial charge < -0.3 is 5.32 Å². The van der Waals surface area contributed by atoms with Crippen molar-refractivity contribution in [1.82, 2.24) is 9.97 Å². The fourth-order valence-electron chi connectivity index (χ4n) is 1.11. The highest BCUT2D eigenvalue weighted by molar-refractivity contribution is 6.29. The second-order valence-electron chi connectivity index (χ2n) is 2.95. The third-order valence-electron chi connectivity index (χ3n) is 1.80. The molecular weight excluding hydrogens is 236 g/mol. The molecule has 0 saturated heterocycles. The predicted molar refractivity (Wildman–Crippen MR) is 56.7 cm³/mol. The zero-order chi connectivity index (χ0) is 11.5. The monoisotopic (exact) mass is 241 g/mol. The summed E-state index contributed by atoms with van der Waals surface area (Å²) < 4.78 is 25.9. The van der Waals surface area contributed by atoms with Gasteiger partial charge in [0.2, 0.25) is 5.95 Å². The summed E-state index contributed by atoms with van der Waals surface area (Å²) in [5.74, 6) is -1.21. The van der Waals surface area contributed by atoms with E-state index in [2.05, 4.69) is 15.3 Å². The van der Waals surface area contributed by atoms with E-state index < -0.39 is 11.6 Å². The van der Waals surface area contributed by atoms with E-state index in [9.17, 15) is 8.78 Å². The molecule has 2 aromatic rings. The fraction of sp³-hybridized carbons (Fsp3) is 0. The van der Waals surface area contributed by atoms with Gasteiger partial charge in [-0.05, 0) is 18.2 Å². The van der Waals surface area contributed by atoms with E-state index in [1.165, 1.54) is 18.3 Å². The van der Waals surface area contributed by atoms with Crippen molar-refractivity contribution in [2.24, 2.45) is 0 Å². The van der Waals surface area contributed by atoms with Crippen molar-refractivity contribution in [2.45, 2.75) is 0 Å². The van der Waals surface area contributed by atoms with E-state index in [-0.39, 0.29) is 16.8 Å². The number of anilines is 2. The quantitative estimate of drug-likeness (QED) is 0.821. The van der Waals surface area contributed by atoms with Crippen molar-refractivity contribution in [1.29, 1.82) is 0 Å². The Morgan fingerprint density at radius 3 is 2.69 bits per heavy atom. The van der Waals surface area contributed by atoms with Crippen LogP contribution in [-0.2, 0) is 0 Å². The highest BCUT2D eigenvalue weighted by Gasteiger charge is 2.05. The van der Waals surface area contributed by atoms with Gasteiger partial charge in [-0.2, -0.15) is 0 Å². The van der Waals surface area contributed by atoms with Crippen LogP contribution in [-0.4, -0.2) is 9.97 Å². The Morgan fingerprint density at radius 2 is 2.00 bits per heavy atom. The predicted octanol–water partition coefficient (Wildman–Crippen LogP) is 3.15. The second-order valence-corrected chi connectivity index (χ2v) is 3.34. The van der Waals surface area contributed by atoms with Crippen LogP contribution in [0.1, 0.15) is 0 Å². The minimum atomic E-state index is -0.719. The van der Waals surface area contributed by atoms with Gasteiger partial charge in [0.15, 0.2) is 0 Å². The van der Waals surface area contributed by atoms with Crippen molar-refractivity contribution in [3.05, 3.63) is 47.2 Å². The van der Waals surface area contributed by atoms with E-state index in [1.54, 1.807) is 0 Å². The van der Waals surface area contributed by atoms with Crippen molar-refractivity contribution in [2.75, 3.05) is 5.32 Å². The van der Waals surface area contributed by atoms with Crippen molar-refractivity contribution >= 4 is 23.2 Å². The molecule has 0 spiro atoms. The zero-order valence-electron chi connectivity index (χ0n) is 7.92. The lowest BCUT2D eigenvalue weighted by Crippen LogP contribution is -1.99. The average Bonchev–Trinajstić information content (AvgIpc) is 2.22. The molecule has 0 saturated carbocycles. The summed E-state index contributed by atoms with van der Waals surface area (Å²) in [6.07, 6.45) is 1.43. The number of nitrogens with one attached hydrogen (secondary N) is 1. The number of benzene rings is 1. The topological polar surface area (TPSA) is 37.8 Å². The Balaban J connectivity index is 2.27. The normalized spacial score (nSPS) is 10.2. The summed E-state index contributed by atoms with van der Waals surface area (Å²) in [7, 11) is 0. The van der Waals surface area contributed by atoms with Crippen LogP contribution in [0.25, 0.3) is 0 Å². The maximum Gasteiger partial charge on any atom is 0.228 e. The smallest absolute Gasteiger partial charge is 0.228 e. The summed E-state index contributed by atoms with van der Waals surface area (Å²) >= 11 is 5.63. The molecule has 1 N–H and O–H groups in total. The third kappa shape index (κ3) is 2.43. The first-order chi connectivity index (χ1) is 7.65. The number of hydrogen-bond donors (Lipinski definition) is 1. The van der Waals surface area contributed by atoms with Gasteiger partial charge in [0.1, 0.15) is 16.8 Å². The largest absolute Gasteiger partial charge is 0.322 e. The van der Waals surface area contributed by atoms with Crippen LogP contribution in [0.3, 0.4) is 0 Å². The molecule has 0 aliphatic carbocycles. The van der Waals surface area contributed by atoms with Gasteiger partial charge in [0.25, 0.3) is 0 Å².